The number of amides is 1. The van der Waals surface area contributed by atoms with Crippen LogP contribution in [0.2, 0.25) is 5.02 Å². The highest BCUT2D eigenvalue weighted by atomic mass is 35.5. The Morgan fingerprint density at radius 3 is 2.38 bits per heavy atom. The Kier molecular flexibility index (Phi) is 7.50. The number of anilines is 1. The highest BCUT2D eigenvalue weighted by Crippen LogP contribution is 2.33. The first-order valence-electron chi connectivity index (χ1n) is 10.9. The van der Waals surface area contributed by atoms with Crippen molar-refractivity contribution in [3.05, 3.63) is 89.2 Å². The van der Waals surface area contributed by atoms with Crippen molar-refractivity contribution < 1.29 is 22.3 Å². The van der Waals surface area contributed by atoms with Crippen molar-refractivity contribution in [2.45, 2.75) is 18.6 Å². The highest BCUT2D eigenvalue weighted by Gasteiger charge is 2.31. The molecule has 1 amide bonds. The zero-order chi connectivity index (χ0) is 24.1. The van der Waals surface area contributed by atoms with Gasteiger partial charge >= 0.3 is 0 Å². The third kappa shape index (κ3) is 6.14. The Hall–Kier alpha value is -2.94. The van der Waals surface area contributed by atoms with Crippen LogP contribution in [-0.2, 0) is 20.6 Å². The summed E-state index contributed by atoms with van der Waals surface area (Å²) < 4.78 is 45.9. The topological polar surface area (TPSA) is 75.7 Å². The quantitative estimate of drug-likeness (QED) is 0.466. The monoisotopic (exact) mass is 502 g/mol. The average molecular weight is 503 g/mol. The first-order valence-corrected chi connectivity index (χ1v) is 12.8. The average Bonchev–Trinajstić information content (AvgIpc) is 2.83. The molecule has 1 N–H and O–H groups in total. The Morgan fingerprint density at radius 2 is 1.71 bits per heavy atom. The second-order valence-electron chi connectivity index (χ2n) is 8.10. The molecule has 3 aromatic carbocycles. The van der Waals surface area contributed by atoms with Gasteiger partial charge in [0.1, 0.15) is 11.6 Å². The number of benzene rings is 3. The summed E-state index contributed by atoms with van der Waals surface area (Å²) in [6.07, 6.45) is 0.786. The number of nitrogens with zero attached hydrogens (tertiary/aromatic N) is 1. The number of hydrogen-bond donors (Lipinski definition) is 1. The molecule has 178 valence electrons. The van der Waals surface area contributed by atoms with Gasteiger partial charge in [-0.1, -0.05) is 41.9 Å². The second-order valence-corrected chi connectivity index (χ2v) is 10.5. The number of sulfonamides is 1. The number of carbonyl (C=O) groups excluding carboxylic acids is 1. The SMILES string of the molecule is O=C(Nc1cc(Cl)ccc1Oc1ccccc1)C1CCN(S(=O)(=O)Cc2ccc(F)cc2)CC1. The number of ether oxygens (including phenoxy) is 1. The number of hydrogen-bond acceptors (Lipinski definition) is 4. The highest BCUT2D eigenvalue weighted by molar-refractivity contribution is 7.88. The molecule has 0 aliphatic carbocycles. The van der Waals surface area contributed by atoms with Gasteiger partial charge in [-0.3, -0.25) is 4.79 Å². The van der Waals surface area contributed by atoms with E-state index in [1.807, 2.05) is 30.3 Å². The van der Waals surface area contributed by atoms with Gasteiger partial charge in [0, 0.05) is 24.0 Å². The van der Waals surface area contributed by atoms with E-state index in [1.54, 1.807) is 18.2 Å². The number of carbonyl (C=O) groups is 1. The van der Waals surface area contributed by atoms with Crippen LogP contribution >= 0.6 is 11.6 Å². The maximum atomic E-state index is 13.1. The molecule has 34 heavy (non-hydrogen) atoms. The number of halogens is 2. The first-order chi connectivity index (χ1) is 16.3. The first kappa shape index (κ1) is 24.2. The summed E-state index contributed by atoms with van der Waals surface area (Å²) in [7, 11) is -3.56. The Bertz CT molecular complexity index is 1250. The van der Waals surface area contributed by atoms with Crippen LogP contribution in [0.15, 0.2) is 72.8 Å². The normalized spacial score (nSPS) is 15.1. The third-order valence-corrected chi connectivity index (χ3v) is 7.74. The molecule has 0 saturated carbocycles. The van der Waals surface area contributed by atoms with Gasteiger partial charge < -0.3 is 10.1 Å². The van der Waals surface area contributed by atoms with Gasteiger partial charge in [-0.15, -0.1) is 0 Å². The Labute approximate surface area is 203 Å². The third-order valence-electron chi connectivity index (χ3n) is 5.65. The summed E-state index contributed by atoms with van der Waals surface area (Å²) in [5.41, 5.74) is 0.973. The van der Waals surface area contributed by atoms with Gasteiger partial charge in [0.05, 0.1) is 11.4 Å². The number of nitrogens with one attached hydrogen (secondary N) is 1. The van der Waals surface area contributed by atoms with Crippen LogP contribution in [0.3, 0.4) is 0 Å². The van der Waals surface area contributed by atoms with Crippen LogP contribution in [0.1, 0.15) is 18.4 Å². The predicted molar refractivity (Wildman–Crippen MR) is 130 cm³/mol. The molecule has 0 radical (unpaired) electrons. The van der Waals surface area contributed by atoms with E-state index < -0.39 is 15.8 Å². The van der Waals surface area contributed by atoms with E-state index in [0.717, 1.165) is 0 Å². The molecule has 1 aliphatic heterocycles. The summed E-state index contributed by atoms with van der Waals surface area (Å²) in [5, 5.41) is 3.34. The lowest BCUT2D eigenvalue weighted by molar-refractivity contribution is -0.120. The molecule has 0 bridgehead atoms. The van der Waals surface area contributed by atoms with Crippen LogP contribution in [0.25, 0.3) is 0 Å². The molecule has 1 saturated heterocycles. The molecule has 9 heteroatoms. The zero-order valence-corrected chi connectivity index (χ0v) is 19.9. The molecule has 0 aromatic heterocycles. The van der Waals surface area contributed by atoms with Gasteiger partial charge in [-0.05, 0) is 60.9 Å². The number of rotatable bonds is 7. The van der Waals surface area contributed by atoms with Crippen molar-refractivity contribution in [2.75, 3.05) is 18.4 Å². The van der Waals surface area contributed by atoms with Crippen molar-refractivity contribution >= 4 is 33.2 Å². The molecule has 0 unspecified atom stereocenters. The molecule has 6 nitrogen and oxygen atoms in total. The van der Waals surface area contributed by atoms with E-state index in [1.165, 1.54) is 28.6 Å². The Morgan fingerprint density at radius 1 is 1.03 bits per heavy atom. The molecule has 1 fully saturated rings. The van der Waals surface area contributed by atoms with Crippen molar-refractivity contribution in [1.29, 1.82) is 0 Å². The standard InChI is InChI=1S/C25H24ClFN2O4S/c26-20-8-11-24(33-22-4-2-1-3-5-22)23(16-20)28-25(30)19-12-14-29(15-13-19)34(31,32)17-18-6-9-21(27)10-7-18/h1-11,16,19H,12-15,17H2,(H,28,30). The van der Waals surface area contributed by atoms with Crippen molar-refractivity contribution in [1.82, 2.24) is 4.31 Å². The maximum Gasteiger partial charge on any atom is 0.227 e. The Balaban J connectivity index is 1.37. The summed E-state index contributed by atoms with van der Waals surface area (Å²) in [6.45, 7) is 0.481. The van der Waals surface area contributed by atoms with Crippen molar-refractivity contribution in [3.8, 4) is 11.5 Å². The van der Waals surface area contributed by atoms with Crippen LogP contribution in [0.4, 0.5) is 10.1 Å². The van der Waals surface area contributed by atoms with Crippen LogP contribution in [0.5, 0.6) is 11.5 Å². The molecule has 0 spiro atoms. The van der Waals surface area contributed by atoms with Gasteiger partial charge in [0.15, 0.2) is 5.75 Å². The molecule has 3 aromatic rings. The molecule has 1 aliphatic rings. The molecular formula is C25H24ClFN2O4S. The summed E-state index contributed by atoms with van der Waals surface area (Å²) in [5.74, 6) is -0.0859. The maximum absolute atomic E-state index is 13.1. The summed E-state index contributed by atoms with van der Waals surface area (Å²) in [6, 6.07) is 19.6. The van der Waals surface area contributed by atoms with E-state index in [9.17, 15) is 17.6 Å². The fourth-order valence-corrected chi connectivity index (χ4v) is 5.55. The summed E-state index contributed by atoms with van der Waals surface area (Å²) >= 11 is 6.13. The van der Waals surface area contributed by atoms with Crippen molar-refractivity contribution in [3.63, 3.8) is 0 Å². The molecular weight excluding hydrogens is 479 g/mol. The van der Waals surface area contributed by atoms with Gasteiger partial charge in [-0.25, -0.2) is 17.1 Å². The number of para-hydroxylation sites is 1. The lowest BCUT2D eigenvalue weighted by Gasteiger charge is -2.30. The second kappa shape index (κ2) is 10.5. The van der Waals surface area contributed by atoms with Gasteiger partial charge in [0.2, 0.25) is 15.9 Å². The van der Waals surface area contributed by atoms with Crippen molar-refractivity contribution in [2.24, 2.45) is 5.92 Å². The van der Waals surface area contributed by atoms with E-state index in [-0.39, 0.29) is 30.7 Å². The summed E-state index contributed by atoms with van der Waals surface area (Å²) in [4.78, 5) is 12.9. The van der Waals surface area contributed by atoms with Gasteiger partial charge in [0.25, 0.3) is 0 Å². The number of piperidine rings is 1. The van der Waals surface area contributed by atoms with Crippen LogP contribution < -0.4 is 10.1 Å². The predicted octanol–water partition coefficient (Wildman–Crippen LogP) is 5.45. The lowest BCUT2D eigenvalue weighted by atomic mass is 9.97. The van der Waals surface area contributed by atoms with E-state index in [0.29, 0.717) is 40.6 Å². The van der Waals surface area contributed by atoms with Gasteiger partial charge in [-0.2, -0.15) is 0 Å². The minimum atomic E-state index is -3.56. The fourth-order valence-electron chi connectivity index (χ4n) is 3.82. The minimum Gasteiger partial charge on any atom is -0.455 e. The molecule has 0 atom stereocenters. The van der Waals surface area contributed by atoms with Crippen LogP contribution in [-0.4, -0.2) is 31.7 Å². The zero-order valence-electron chi connectivity index (χ0n) is 18.3. The molecule has 4 rings (SSSR count). The van der Waals surface area contributed by atoms with E-state index >= 15 is 0 Å². The lowest BCUT2D eigenvalue weighted by Crippen LogP contribution is -2.41. The van der Waals surface area contributed by atoms with Crippen LogP contribution in [0, 0.1) is 11.7 Å². The van der Waals surface area contributed by atoms with E-state index in [4.69, 9.17) is 16.3 Å². The minimum absolute atomic E-state index is 0.202. The molecule has 1 heterocycles. The smallest absolute Gasteiger partial charge is 0.227 e. The van der Waals surface area contributed by atoms with E-state index in [2.05, 4.69) is 5.32 Å². The fraction of sp³-hybridized carbons (Fsp3) is 0.240. The largest absolute Gasteiger partial charge is 0.455 e.